The molecule has 0 aliphatic heterocycles. The molecule has 0 bridgehead atoms. The molecule has 0 saturated heterocycles. The van der Waals surface area contributed by atoms with Crippen LogP contribution in [0, 0.1) is 0 Å². The van der Waals surface area contributed by atoms with Crippen LogP contribution >= 0.6 is 0 Å². The molecule has 2 aliphatic rings. The Balaban J connectivity index is 1.12. The number of amidine groups is 1. The Labute approximate surface area is 332 Å². The summed E-state index contributed by atoms with van der Waals surface area (Å²) in [5.41, 5.74) is 14.2. The molecule has 0 atom stereocenters. The fourth-order valence-electron chi connectivity index (χ4n) is 8.38. The maximum Gasteiger partial charge on any atom is 0.160 e. The molecule has 0 fully saturated rings. The van der Waals surface area contributed by atoms with Crippen LogP contribution in [0.5, 0.6) is 0 Å². The van der Waals surface area contributed by atoms with Crippen LogP contribution in [0.1, 0.15) is 60.4 Å². The molecular weight excluding hydrogens is 695 g/mol. The van der Waals surface area contributed by atoms with Crippen LogP contribution in [0.15, 0.2) is 191 Å². The average molecular weight is 736 g/mol. The predicted molar refractivity (Wildman–Crippen MR) is 241 cm³/mol. The summed E-state index contributed by atoms with van der Waals surface area (Å²) in [6, 6.07) is 46.8. The van der Waals surface area contributed by atoms with Crippen molar-refractivity contribution in [1.29, 1.82) is 0 Å². The Hall–Kier alpha value is -7.04. The zero-order valence-electron chi connectivity index (χ0n) is 32.0. The number of rotatable bonds is 7. The van der Waals surface area contributed by atoms with Crippen molar-refractivity contribution in [1.82, 2.24) is 4.57 Å². The summed E-state index contributed by atoms with van der Waals surface area (Å²) >= 11 is 0. The number of para-hydroxylation sites is 2. The highest BCUT2D eigenvalue weighted by atomic mass is 16.3. The molecule has 4 nitrogen and oxygen atoms in total. The number of aromatic nitrogens is 1. The summed E-state index contributed by atoms with van der Waals surface area (Å²) in [5, 5.41) is 4.58. The summed E-state index contributed by atoms with van der Waals surface area (Å²) in [5.74, 6) is 0.576. The Kier molecular flexibility index (Phi) is 8.80. The van der Waals surface area contributed by atoms with Crippen LogP contribution in [-0.4, -0.2) is 16.1 Å². The second-order valence-corrected chi connectivity index (χ2v) is 14.8. The van der Waals surface area contributed by atoms with Gasteiger partial charge in [-0.05, 0) is 102 Å². The monoisotopic (exact) mass is 735 g/mol. The molecule has 4 heteroatoms. The van der Waals surface area contributed by atoms with Gasteiger partial charge in [0.2, 0.25) is 0 Å². The lowest BCUT2D eigenvalue weighted by molar-refractivity contribution is 0.666. The number of benzene rings is 6. The number of hydrogen-bond donors (Lipinski definition) is 0. The molecule has 10 rings (SSSR count). The first-order chi connectivity index (χ1) is 28.1. The molecule has 6 aromatic carbocycles. The molecule has 2 heterocycles. The maximum atomic E-state index is 6.92. The summed E-state index contributed by atoms with van der Waals surface area (Å²) in [6.45, 7) is 6.41. The van der Waals surface area contributed by atoms with E-state index in [9.17, 15) is 0 Å². The molecule has 0 amide bonds. The lowest BCUT2D eigenvalue weighted by atomic mass is 9.95. The van der Waals surface area contributed by atoms with Gasteiger partial charge in [0.25, 0.3) is 0 Å². The van der Waals surface area contributed by atoms with E-state index in [1.807, 2.05) is 30.3 Å². The molecule has 2 aliphatic carbocycles. The lowest BCUT2D eigenvalue weighted by Crippen LogP contribution is -2.05. The molecule has 8 aromatic rings. The minimum atomic E-state index is 0.576. The quantitative estimate of drug-likeness (QED) is 0.119. The van der Waals surface area contributed by atoms with Crippen LogP contribution < -0.4 is 0 Å². The Morgan fingerprint density at radius 1 is 0.596 bits per heavy atom. The minimum absolute atomic E-state index is 0.576. The van der Waals surface area contributed by atoms with Crippen LogP contribution in [0.4, 0.5) is 0 Å². The standard InChI is InChI=1S/C53H41N3O/c1-35(37-17-6-3-7-18-37)54-53(55-36(2)40-23-14-24-41(33-40)38-19-8-4-9-20-38)42-31-32-44-45-27-16-30-49(52(45)57-50(44)34-42)56-47-28-13-12-25-46(47)51-43(26-15-29-48(51)56)39-21-10-5-11-22-39/h3,6-8,10,12-34H,1,4-5,9,11H2,2H3/b54-53-,55-36+. The average Bonchev–Trinajstić information content (AvgIpc) is 3.83. The number of aliphatic imine (C=N–C) groups is 2. The number of hydrogen-bond acceptors (Lipinski definition) is 2. The van der Waals surface area contributed by atoms with Gasteiger partial charge in [0.05, 0.1) is 22.4 Å². The zero-order valence-corrected chi connectivity index (χ0v) is 32.0. The fraction of sp³-hybridized carbons (Fsp3) is 0.0943. The van der Waals surface area contributed by atoms with Crippen LogP contribution in [-0.2, 0) is 0 Å². The van der Waals surface area contributed by atoms with Crippen molar-refractivity contribution in [3.8, 4) is 5.69 Å². The Morgan fingerprint density at radius 2 is 1.32 bits per heavy atom. The van der Waals surface area contributed by atoms with Gasteiger partial charge in [0.1, 0.15) is 5.58 Å². The van der Waals surface area contributed by atoms with Crippen LogP contribution in [0.25, 0.3) is 66.3 Å². The van der Waals surface area contributed by atoms with Gasteiger partial charge in [0.15, 0.2) is 11.4 Å². The van der Waals surface area contributed by atoms with Gasteiger partial charge in [0, 0.05) is 32.8 Å². The molecule has 0 radical (unpaired) electrons. The molecule has 0 saturated carbocycles. The van der Waals surface area contributed by atoms with Crippen molar-refractivity contribution in [2.24, 2.45) is 9.98 Å². The van der Waals surface area contributed by atoms with E-state index in [4.69, 9.17) is 14.4 Å². The molecule has 0 spiro atoms. The van der Waals surface area contributed by atoms with Gasteiger partial charge < -0.3 is 8.98 Å². The largest absolute Gasteiger partial charge is 0.454 e. The zero-order chi connectivity index (χ0) is 38.3. The van der Waals surface area contributed by atoms with E-state index in [1.54, 1.807) is 0 Å². The van der Waals surface area contributed by atoms with E-state index in [0.29, 0.717) is 11.5 Å². The van der Waals surface area contributed by atoms with Crippen LogP contribution in [0.2, 0.25) is 0 Å². The van der Waals surface area contributed by atoms with Gasteiger partial charge >= 0.3 is 0 Å². The van der Waals surface area contributed by atoms with E-state index in [2.05, 4.69) is 158 Å². The normalized spacial score (nSPS) is 14.8. The van der Waals surface area contributed by atoms with Crippen molar-refractivity contribution >= 4 is 72.1 Å². The first kappa shape index (κ1) is 34.5. The van der Waals surface area contributed by atoms with Crippen molar-refractivity contribution in [3.05, 3.63) is 204 Å². The first-order valence-electron chi connectivity index (χ1n) is 19.8. The molecule has 274 valence electrons. The third kappa shape index (κ3) is 6.30. The highest BCUT2D eigenvalue weighted by Gasteiger charge is 2.21. The Morgan fingerprint density at radius 3 is 2.14 bits per heavy atom. The summed E-state index contributed by atoms with van der Waals surface area (Å²) in [4.78, 5) is 10.3. The SMILES string of the molecule is C=C(/N=C(\N=C(/C)c1cccc(C2=CCCC=C2)c1)c1ccc2c(c1)oc1c(-n3c4ccccc4c4c(C5=CCCC=C5)cccc43)cccc12)c1ccccc1. The smallest absolute Gasteiger partial charge is 0.160 e. The number of allylic oxidation sites excluding steroid dienone is 8. The summed E-state index contributed by atoms with van der Waals surface area (Å²) < 4.78 is 9.29. The number of nitrogens with zero attached hydrogens (tertiary/aromatic N) is 3. The molecule has 57 heavy (non-hydrogen) atoms. The van der Waals surface area contributed by atoms with Gasteiger partial charge in [-0.15, -0.1) is 0 Å². The fourth-order valence-corrected chi connectivity index (χ4v) is 8.38. The van der Waals surface area contributed by atoms with E-state index < -0.39 is 0 Å². The molecule has 0 N–H and O–H groups in total. The van der Waals surface area contributed by atoms with E-state index in [1.165, 1.54) is 33.0 Å². The molecular formula is C53H41N3O. The van der Waals surface area contributed by atoms with Gasteiger partial charge in [-0.3, -0.25) is 0 Å². The topological polar surface area (TPSA) is 42.8 Å². The lowest BCUT2D eigenvalue weighted by Gasteiger charge is -2.11. The van der Waals surface area contributed by atoms with Crippen molar-refractivity contribution in [3.63, 3.8) is 0 Å². The highest BCUT2D eigenvalue weighted by molar-refractivity contribution is 6.17. The Bertz CT molecular complexity index is 3090. The van der Waals surface area contributed by atoms with Gasteiger partial charge in [-0.2, -0.15) is 0 Å². The van der Waals surface area contributed by atoms with Crippen molar-refractivity contribution in [2.75, 3.05) is 0 Å². The third-order valence-electron chi connectivity index (χ3n) is 11.2. The second kappa shape index (κ2) is 14.6. The third-order valence-corrected chi connectivity index (χ3v) is 11.2. The van der Waals surface area contributed by atoms with Crippen molar-refractivity contribution < 1.29 is 4.42 Å². The molecule has 2 aromatic heterocycles. The van der Waals surface area contributed by atoms with Crippen molar-refractivity contribution in [2.45, 2.75) is 32.6 Å². The van der Waals surface area contributed by atoms with Gasteiger partial charge in [-0.1, -0.05) is 140 Å². The summed E-state index contributed by atoms with van der Waals surface area (Å²) in [7, 11) is 0. The minimum Gasteiger partial charge on any atom is -0.454 e. The summed E-state index contributed by atoms with van der Waals surface area (Å²) in [6.07, 6.45) is 18.0. The van der Waals surface area contributed by atoms with E-state index in [0.717, 1.165) is 86.7 Å². The van der Waals surface area contributed by atoms with Crippen LogP contribution in [0.3, 0.4) is 0 Å². The molecule has 0 unspecified atom stereocenters. The second-order valence-electron chi connectivity index (χ2n) is 14.8. The van der Waals surface area contributed by atoms with E-state index >= 15 is 0 Å². The maximum absolute atomic E-state index is 6.92. The van der Waals surface area contributed by atoms with Gasteiger partial charge in [-0.25, -0.2) is 9.98 Å². The first-order valence-corrected chi connectivity index (χ1v) is 19.8. The highest BCUT2D eigenvalue weighted by Crippen LogP contribution is 2.41. The number of furan rings is 1. The number of fused-ring (bicyclic) bond motifs is 6. The predicted octanol–water partition coefficient (Wildman–Crippen LogP) is 14.1. The van der Waals surface area contributed by atoms with E-state index in [-0.39, 0.29) is 0 Å².